The van der Waals surface area contributed by atoms with Gasteiger partial charge in [-0.15, -0.1) is 6.42 Å². The molecule has 0 aromatic heterocycles. The highest BCUT2D eigenvalue weighted by molar-refractivity contribution is 5.81. The standard InChI is InChI=1S/C15H16N2O4/c1-3-15(2)11-21-7-6-16(15)9-12-4-5-14(17(19)20)13(8-12)10-18/h1,4-5,8,10H,6-7,9,11H2,2H3. The number of ether oxygens (including phenoxy) is 1. The van der Waals surface area contributed by atoms with Crippen molar-refractivity contribution in [2.75, 3.05) is 19.8 Å². The molecule has 0 aliphatic carbocycles. The maximum absolute atomic E-state index is 11.0. The molecule has 110 valence electrons. The largest absolute Gasteiger partial charge is 0.377 e. The molecular formula is C15H16N2O4. The molecular weight excluding hydrogens is 272 g/mol. The Hall–Kier alpha value is -2.23. The Kier molecular flexibility index (Phi) is 4.36. The molecule has 1 heterocycles. The number of morpholine rings is 1. The summed E-state index contributed by atoms with van der Waals surface area (Å²) in [6.45, 7) is 4.14. The van der Waals surface area contributed by atoms with E-state index < -0.39 is 10.5 Å². The first-order chi connectivity index (χ1) is 10.00. The molecule has 0 amide bonds. The molecule has 1 unspecified atom stereocenters. The van der Waals surface area contributed by atoms with Crippen LogP contribution in [0, 0.1) is 22.5 Å². The number of carbonyl (C=O) groups excluding carboxylic acids is 1. The molecule has 1 aromatic carbocycles. The van der Waals surface area contributed by atoms with Gasteiger partial charge in [0.1, 0.15) is 5.54 Å². The lowest BCUT2D eigenvalue weighted by Crippen LogP contribution is -2.53. The second kappa shape index (κ2) is 6.04. The van der Waals surface area contributed by atoms with E-state index in [1.54, 1.807) is 6.07 Å². The molecule has 0 bridgehead atoms. The minimum atomic E-state index is -0.562. The Labute approximate surface area is 122 Å². The van der Waals surface area contributed by atoms with Crippen LogP contribution in [0.15, 0.2) is 18.2 Å². The first-order valence-electron chi connectivity index (χ1n) is 6.53. The topological polar surface area (TPSA) is 72.7 Å². The van der Waals surface area contributed by atoms with Crippen molar-refractivity contribution in [1.29, 1.82) is 0 Å². The van der Waals surface area contributed by atoms with Crippen LogP contribution in [0.3, 0.4) is 0 Å². The lowest BCUT2D eigenvalue weighted by Gasteiger charge is -2.41. The number of rotatable bonds is 4. The van der Waals surface area contributed by atoms with Crippen LogP contribution in [0.2, 0.25) is 0 Å². The molecule has 21 heavy (non-hydrogen) atoms. The first-order valence-corrected chi connectivity index (χ1v) is 6.53. The highest BCUT2D eigenvalue weighted by atomic mass is 16.6. The molecule has 1 aliphatic rings. The third-order valence-corrected chi connectivity index (χ3v) is 3.69. The summed E-state index contributed by atoms with van der Waals surface area (Å²) < 4.78 is 5.41. The van der Waals surface area contributed by atoms with E-state index in [1.807, 2.05) is 6.92 Å². The number of terminal acetylenes is 1. The fourth-order valence-corrected chi connectivity index (χ4v) is 2.35. The van der Waals surface area contributed by atoms with Crippen molar-refractivity contribution in [2.45, 2.75) is 19.0 Å². The molecule has 0 radical (unpaired) electrons. The van der Waals surface area contributed by atoms with Crippen LogP contribution in [0.5, 0.6) is 0 Å². The second-order valence-corrected chi connectivity index (χ2v) is 5.16. The average molecular weight is 288 g/mol. The lowest BCUT2D eigenvalue weighted by molar-refractivity contribution is -0.385. The van der Waals surface area contributed by atoms with E-state index in [1.165, 1.54) is 12.1 Å². The number of carbonyl (C=O) groups is 1. The van der Waals surface area contributed by atoms with Gasteiger partial charge in [0.05, 0.1) is 23.7 Å². The molecule has 1 aromatic rings. The van der Waals surface area contributed by atoms with E-state index in [4.69, 9.17) is 11.2 Å². The van der Waals surface area contributed by atoms with Crippen LogP contribution in [0.1, 0.15) is 22.8 Å². The van der Waals surface area contributed by atoms with Gasteiger partial charge in [0.2, 0.25) is 0 Å². The molecule has 1 atom stereocenters. The fraction of sp³-hybridized carbons (Fsp3) is 0.400. The van der Waals surface area contributed by atoms with Crippen molar-refractivity contribution in [3.05, 3.63) is 39.4 Å². The Morgan fingerprint density at radius 3 is 3.00 bits per heavy atom. The number of nitrogens with zero attached hydrogens (tertiary/aromatic N) is 2. The fourth-order valence-electron chi connectivity index (χ4n) is 2.35. The van der Waals surface area contributed by atoms with Crippen molar-refractivity contribution in [3.63, 3.8) is 0 Å². The zero-order valence-electron chi connectivity index (χ0n) is 11.7. The minimum Gasteiger partial charge on any atom is -0.377 e. The summed E-state index contributed by atoms with van der Waals surface area (Å²) in [5.74, 6) is 2.73. The Morgan fingerprint density at radius 2 is 2.38 bits per heavy atom. The van der Waals surface area contributed by atoms with Crippen LogP contribution in [0.4, 0.5) is 5.69 Å². The van der Waals surface area contributed by atoms with Gasteiger partial charge in [-0.25, -0.2) is 0 Å². The van der Waals surface area contributed by atoms with Gasteiger partial charge < -0.3 is 4.74 Å². The van der Waals surface area contributed by atoms with Gasteiger partial charge >= 0.3 is 0 Å². The van der Waals surface area contributed by atoms with Gasteiger partial charge in [0.25, 0.3) is 5.69 Å². The number of nitro groups is 1. The summed E-state index contributed by atoms with van der Waals surface area (Å²) in [5.41, 5.74) is 0.191. The summed E-state index contributed by atoms with van der Waals surface area (Å²) in [5, 5.41) is 10.8. The van der Waals surface area contributed by atoms with Gasteiger partial charge in [-0.1, -0.05) is 12.0 Å². The highest BCUT2D eigenvalue weighted by Crippen LogP contribution is 2.24. The van der Waals surface area contributed by atoms with E-state index in [2.05, 4.69) is 10.8 Å². The van der Waals surface area contributed by atoms with Crippen LogP contribution < -0.4 is 0 Å². The van der Waals surface area contributed by atoms with Crippen LogP contribution in [-0.2, 0) is 11.3 Å². The van der Waals surface area contributed by atoms with Crippen LogP contribution in [0.25, 0.3) is 0 Å². The number of nitro benzene ring substituents is 1. The summed E-state index contributed by atoms with van der Waals surface area (Å²) in [7, 11) is 0. The molecule has 1 aliphatic heterocycles. The van der Waals surface area contributed by atoms with Gasteiger partial charge in [0.15, 0.2) is 6.29 Å². The SMILES string of the molecule is C#CC1(C)COCCN1Cc1ccc([N+](=O)[O-])c(C=O)c1. The highest BCUT2D eigenvalue weighted by Gasteiger charge is 2.33. The smallest absolute Gasteiger partial charge is 0.279 e. The molecule has 0 N–H and O–H groups in total. The second-order valence-electron chi connectivity index (χ2n) is 5.16. The van der Waals surface area contributed by atoms with E-state index in [-0.39, 0.29) is 11.3 Å². The zero-order chi connectivity index (χ0) is 15.5. The summed E-state index contributed by atoms with van der Waals surface area (Å²) >= 11 is 0. The third kappa shape index (κ3) is 3.10. The average Bonchev–Trinajstić information content (AvgIpc) is 2.49. The molecule has 6 heteroatoms. The monoisotopic (exact) mass is 288 g/mol. The van der Waals surface area contributed by atoms with Crippen molar-refractivity contribution >= 4 is 12.0 Å². The molecule has 0 saturated carbocycles. The van der Waals surface area contributed by atoms with Crippen molar-refractivity contribution in [3.8, 4) is 12.3 Å². The van der Waals surface area contributed by atoms with E-state index >= 15 is 0 Å². The zero-order valence-corrected chi connectivity index (χ0v) is 11.7. The van der Waals surface area contributed by atoms with Crippen LogP contribution >= 0.6 is 0 Å². The molecule has 0 spiro atoms. The maximum Gasteiger partial charge on any atom is 0.279 e. The maximum atomic E-state index is 11.0. The minimum absolute atomic E-state index is 0.0770. The van der Waals surface area contributed by atoms with Gasteiger partial charge in [-0.2, -0.15) is 0 Å². The van der Waals surface area contributed by atoms with Gasteiger partial charge in [-0.05, 0) is 18.6 Å². The number of aldehydes is 1. The quantitative estimate of drug-likeness (QED) is 0.364. The van der Waals surface area contributed by atoms with Gasteiger partial charge in [0, 0.05) is 19.2 Å². The molecule has 1 fully saturated rings. The Bertz CT molecular complexity index is 608. The molecule has 1 saturated heterocycles. The van der Waals surface area contributed by atoms with E-state index in [9.17, 15) is 14.9 Å². The predicted molar refractivity (Wildman–Crippen MR) is 77.0 cm³/mol. The summed E-state index contributed by atoms with van der Waals surface area (Å²) in [6, 6.07) is 4.54. The summed E-state index contributed by atoms with van der Waals surface area (Å²) in [6.07, 6.45) is 6.09. The Balaban J connectivity index is 2.25. The molecule has 6 nitrogen and oxygen atoms in total. The van der Waals surface area contributed by atoms with Crippen LogP contribution in [-0.4, -0.2) is 41.4 Å². The van der Waals surface area contributed by atoms with Crippen molar-refractivity contribution < 1.29 is 14.5 Å². The normalized spacial score (nSPS) is 22.5. The lowest BCUT2D eigenvalue weighted by atomic mass is 9.99. The van der Waals surface area contributed by atoms with Gasteiger partial charge in [-0.3, -0.25) is 19.8 Å². The van der Waals surface area contributed by atoms with E-state index in [0.29, 0.717) is 32.6 Å². The number of hydrogen-bond acceptors (Lipinski definition) is 5. The third-order valence-electron chi connectivity index (χ3n) is 3.69. The number of hydrogen-bond donors (Lipinski definition) is 0. The Morgan fingerprint density at radius 1 is 1.62 bits per heavy atom. The van der Waals surface area contributed by atoms with Crippen molar-refractivity contribution in [1.82, 2.24) is 4.90 Å². The summed E-state index contributed by atoms with van der Waals surface area (Å²) in [4.78, 5) is 23.3. The first kappa shape index (κ1) is 15.2. The molecule has 2 rings (SSSR count). The van der Waals surface area contributed by atoms with E-state index in [0.717, 1.165) is 5.56 Å². The number of benzene rings is 1. The van der Waals surface area contributed by atoms with Crippen molar-refractivity contribution in [2.24, 2.45) is 0 Å². The predicted octanol–water partition coefficient (Wildman–Crippen LogP) is 1.63.